The monoisotopic (exact) mass is 416 g/mol. The van der Waals surface area contributed by atoms with E-state index in [1.165, 1.54) is 0 Å². The molecule has 0 saturated carbocycles. The molecule has 0 spiro atoms. The van der Waals surface area contributed by atoms with E-state index < -0.39 is 29.7 Å². The largest absolute Gasteiger partial charge is 0.460 e. The summed E-state index contributed by atoms with van der Waals surface area (Å²) in [7, 11) is 0. The maximum absolute atomic E-state index is 11.1. The summed E-state index contributed by atoms with van der Waals surface area (Å²) in [6, 6.07) is 0. The molecular weight excluding hydrogens is 380 g/mol. The van der Waals surface area contributed by atoms with Crippen LogP contribution in [0.3, 0.4) is 0 Å². The number of aliphatic hydroxyl groups excluding tert-OH is 2. The first-order chi connectivity index (χ1) is 13.7. The van der Waals surface area contributed by atoms with E-state index in [4.69, 9.17) is 18.9 Å². The fraction of sp³-hybridized carbons (Fsp3) is 0.714. The summed E-state index contributed by atoms with van der Waals surface area (Å²) in [5.74, 6) is -1.20. The zero-order valence-electron chi connectivity index (χ0n) is 17.8. The molecule has 168 valence electrons. The second kappa shape index (κ2) is 15.1. The van der Waals surface area contributed by atoms with E-state index in [1.807, 2.05) is 20.8 Å². The predicted octanol–water partition coefficient (Wildman–Crippen LogP) is 1.93. The maximum atomic E-state index is 11.1. The minimum atomic E-state index is -0.946. The Morgan fingerprint density at radius 3 is 1.79 bits per heavy atom. The average molecular weight is 417 g/mol. The van der Waals surface area contributed by atoms with Crippen LogP contribution in [0.1, 0.15) is 46.5 Å². The van der Waals surface area contributed by atoms with E-state index in [9.17, 15) is 19.8 Å². The second-order valence-corrected chi connectivity index (χ2v) is 6.74. The van der Waals surface area contributed by atoms with Crippen molar-refractivity contribution in [1.82, 2.24) is 0 Å². The molecule has 8 nitrogen and oxygen atoms in total. The van der Waals surface area contributed by atoms with Crippen LogP contribution in [0.25, 0.3) is 0 Å². The molecular formula is C21H36O8. The van der Waals surface area contributed by atoms with E-state index in [0.29, 0.717) is 25.7 Å². The van der Waals surface area contributed by atoms with Crippen LogP contribution in [0.2, 0.25) is 0 Å². The van der Waals surface area contributed by atoms with Gasteiger partial charge in [0.1, 0.15) is 25.4 Å². The standard InChI is InChI=1S/C21H36O8/c1-6-18(26-12-16(22)13-27-19(24)7-2)11-21(9-4,10-5)29-15-17(23)14-28-20(25)8-3/h7-8,16-18,22-23H,2-3,6,9-15H2,1,4-5H3. The topological polar surface area (TPSA) is 112 Å². The molecule has 8 heteroatoms. The number of hydrogen-bond acceptors (Lipinski definition) is 8. The van der Waals surface area contributed by atoms with Crippen molar-refractivity contribution in [1.29, 1.82) is 0 Å². The first-order valence-electron chi connectivity index (χ1n) is 9.95. The highest BCUT2D eigenvalue weighted by Gasteiger charge is 2.32. The SMILES string of the molecule is C=CC(=O)OCC(O)COC(CC)CC(CC)(CC)OCC(O)COC(=O)C=C. The molecule has 0 bridgehead atoms. The third-order valence-electron chi connectivity index (χ3n) is 4.62. The van der Waals surface area contributed by atoms with Gasteiger partial charge >= 0.3 is 11.9 Å². The molecule has 0 fully saturated rings. The Kier molecular flexibility index (Phi) is 14.2. The van der Waals surface area contributed by atoms with Gasteiger partial charge in [-0.3, -0.25) is 0 Å². The molecule has 3 unspecified atom stereocenters. The van der Waals surface area contributed by atoms with Gasteiger partial charge in [-0.1, -0.05) is 33.9 Å². The van der Waals surface area contributed by atoms with Gasteiger partial charge in [-0.15, -0.1) is 0 Å². The van der Waals surface area contributed by atoms with Crippen LogP contribution in [0.4, 0.5) is 0 Å². The van der Waals surface area contributed by atoms with Crippen LogP contribution in [0.5, 0.6) is 0 Å². The van der Waals surface area contributed by atoms with Gasteiger partial charge in [-0.2, -0.15) is 0 Å². The first kappa shape index (κ1) is 27.3. The lowest BCUT2D eigenvalue weighted by Crippen LogP contribution is -2.40. The predicted molar refractivity (Wildman–Crippen MR) is 108 cm³/mol. The van der Waals surface area contributed by atoms with E-state index in [1.54, 1.807) is 0 Å². The van der Waals surface area contributed by atoms with Crippen LogP contribution < -0.4 is 0 Å². The van der Waals surface area contributed by atoms with Gasteiger partial charge < -0.3 is 29.2 Å². The molecule has 0 aromatic rings. The Morgan fingerprint density at radius 2 is 1.38 bits per heavy atom. The number of hydrogen-bond donors (Lipinski definition) is 2. The zero-order chi connectivity index (χ0) is 22.3. The molecule has 0 heterocycles. The van der Waals surface area contributed by atoms with Crippen molar-refractivity contribution in [2.75, 3.05) is 26.4 Å². The Bertz CT molecular complexity index is 501. The Labute approximate surface area is 173 Å². The smallest absolute Gasteiger partial charge is 0.330 e. The Hall–Kier alpha value is -1.74. The van der Waals surface area contributed by atoms with Crippen molar-refractivity contribution in [3.05, 3.63) is 25.3 Å². The fourth-order valence-corrected chi connectivity index (χ4v) is 2.63. The minimum Gasteiger partial charge on any atom is -0.460 e. The number of carbonyl (C=O) groups excluding carboxylic acids is 2. The molecule has 0 aliphatic heterocycles. The molecule has 2 N–H and O–H groups in total. The van der Waals surface area contributed by atoms with Crippen molar-refractivity contribution in [3.8, 4) is 0 Å². The third-order valence-corrected chi connectivity index (χ3v) is 4.62. The minimum absolute atomic E-state index is 0.0165. The molecule has 0 aliphatic carbocycles. The van der Waals surface area contributed by atoms with Crippen molar-refractivity contribution < 1.29 is 38.7 Å². The average Bonchev–Trinajstić information content (AvgIpc) is 2.75. The quantitative estimate of drug-likeness (QED) is 0.273. The summed E-state index contributed by atoms with van der Waals surface area (Å²) in [5.41, 5.74) is -0.523. The molecule has 0 radical (unpaired) electrons. The van der Waals surface area contributed by atoms with Gasteiger partial charge in [0.2, 0.25) is 0 Å². The highest BCUT2D eigenvalue weighted by atomic mass is 16.6. The lowest BCUT2D eigenvalue weighted by molar-refractivity contribution is -0.148. The van der Waals surface area contributed by atoms with E-state index in [2.05, 4.69) is 13.2 Å². The number of carbonyl (C=O) groups is 2. The van der Waals surface area contributed by atoms with Crippen molar-refractivity contribution in [3.63, 3.8) is 0 Å². The summed E-state index contributed by atoms with van der Waals surface area (Å²) in [6.45, 7) is 12.2. The molecule has 0 aromatic heterocycles. The number of esters is 2. The first-order valence-corrected chi connectivity index (χ1v) is 9.95. The number of aliphatic hydroxyl groups is 2. The molecule has 0 amide bonds. The Morgan fingerprint density at radius 1 is 0.897 bits per heavy atom. The number of ether oxygens (including phenoxy) is 4. The highest BCUT2D eigenvalue weighted by molar-refractivity contribution is 5.81. The molecule has 0 aromatic carbocycles. The van der Waals surface area contributed by atoms with Gasteiger partial charge in [0.25, 0.3) is 0 Å². The van der Waals surface area contributed by atoms with Crippen LogP contribution in [-0.2, 0) is 28.5 Å². The summed E-state index contributed by atoms with van der Waals surface area (Å²) in [4.78, 5) is 22.1. The van der Waals surface area contributed by atoms with Gasteiger partial charge in [0.15, 0.2) is 0 Å². The fourth-order valence-electron chi connectivity index (χ4n) is 2.63. The van der Waals surface area contributed by atoms with Gasteiger partial charge in [0.05, 0.1) is 24.9 Å². The van der Waals surface area contributed by atoms with Gasteiger partial charge in [0, 0.05) is 18.6 Å². The summed E-state index contributed by atoms with van der Waals surface area (Å²) in [6.07, 6.45) is 2.65. The molecule has 0 rings (SSSR count). The van der Waals surface area contributed by atoms with Crippen LogP contribution in [0, 0.1) is 0 Å². The van der Waals surface area contributed by atoms with E-state index in [0.717, 1.165) is 12.2 Å². The molecule has 0 aliphatic rings. The highest BCUT2D eigenvalue weighted by Crippen LogP contribution is 2.29. The summed E-state index contributed by atoms with van der Waals surface area (Å²) in [5, 5.41) is 19.9. The lowest BCUT2D eigenvalue weighted by atomic mass is 9.89. The molecule has 0 saturated heterocycles. The van der Waals surface area contributed by atoms with Crippen molar-refractivity contribution in [2.24, 2.45) is 0 Å². The zero-order valence-corrected chi connectivity index (χ0v) is 17.8. The van der Waals surface area contributed by atoms with Crippen molar-refractivity contribution in [2.45, 2.75) is 70.4 Å². The van der Waals surface area contributed by atoms with Gasteiger partial charge in [-0.25, -0.2) is 9.59 Å². The van der Waals surface area contributed by atoms with Crippen LogP contribution >= 0.6 is 0 Å². The Balaban J connectivity index is 4.61. The second-order valence-electron chi connectivity index (χ2n) is 6.74. The third kappa shape index (κ3) is 11.8. The summed E-state index contributed by atoms with van der Waals surface area (Å²) < 4.78 is 21.4. The summed E-state index contributed by atoms with van der Waals surface area (Å²) >= 11 is 0. The van der Waals surface area contributed by atoms with Crippen LogP contribution in [0.15, 0.2) is 25.3 Å². The molecule has 29 heavy (non-hydrogen) atoms. The normalized spacial score (nSPS) is 14.5. The number of rotatable bonds is 17. The van der Waals surface area contributed by atoms with E-state index in [-0.39, 0.29) is 32.5 Å². The lowest BCUT2D eigenvalue weighted by Gasteiger charge is -2.36. The van der Waals surface area contributed by atoms with Crippen LogP contribution in [-0.4, -0.2) is 72.5 Å². The van der Waals surface area contributed by atoms with E-state index >= 15 is 0 Å². The molecule has 3 atom stereocenters. The maximum Gasteiger partial charge on any atom is 0.330 e. The van der Waals surface area contributed by atoms with Crippen molar-refractivity contribution >= 4 is 11.9 Å². The van der Waals surface area contributed by atoms with Gasteiger partial charge in [-0.05, 0) is 19.3 Å².